The number of hydrogen-bond acceptors (Lipinski definition) is 2. The third-order valence-electron chi connectivity index (χ3n) is 5.94. The number of carbonyl (C=O) groups is 2. The van der Waals surface area contributed by atoms with E-state index in [1.807, 2.05) is 24.3 Å². The Hall–Kier alpha value is -1.64. The summed E-state index contributed by atoms with van der Waals surface area (Å²) < 4.78 is 0. The zero-order valence-corrected chi connectivity index (χ0v) is 25.5. The summed E-state index contributed by atoms with van der Waals surface area (Å²) in [6.07, 6.45) is 0.890. The smallest absolute Gasteiger partial charge is 0.159 e. The molecule has 2 aromatic rings. The van der Waals surface area contributed by atoms with Crippen molar-refractivity contribution in [3.63, 3.8) is 0 Å². The van der Waals surface area contributed by atoms with Gasteiger partial charge in [0.25, 0.3) is 0 Å². The number of aldehydes is 1. The highest BCUT2D eigenvalue weighted by molar-refractivity contribution is 6.33. The minimum absolute atomic E-state index is 0.0594. The fourth-order valence-corrected chi connectivity index (χ4v) is 5.08. The van der Waals surface area contributed by atoms with Crippen molar-refractivity contribution in [3.05, 3.63) is 67.7 Å². The van der Waals surface area contributed by atoms with Gasteiger partial charge in [-0.2, -0.15) is 0 Å². The molecule has 35 heavy (non-hydrogen) atoms. The highest BCUT2D eigenvalue weighted by Crippen LogP contribution is 2.39. The van der Waals surface area contributed by atoms with Crippen molar-refractivity contribution in [2.45, 2.75) is 112 Å². The van der Waals surface area contributed by atoms with Gasteiger partial charge >= 0.3 is 0 Å². The molecule has 0 radical (unpaired) electrons. The first-order valence-electron chi connectivity index (χ1n) is 12.2. The SMILES string of the molecule is CC(=O)c1cc(C(C)(C)C)c(Cl)c(C(C)(C)C)c1.CC(C)(C)c1cc(C=O)cc(C(C)(C)C)c1Cl. The van der Waals surface area contributed by atoms with E-state index in [1.54, 1.807) is 6.92 Å². The second-order valence-electron chi connectivity index (χ2n) is 13.5. The van der Waals surface area contributed by atoms with Crippen molar-refractivity contribution in [2.24, 2.45) is 0 Å². The number of halogens is 2. The Morgan fingerprint density at radius 1 is 0.600 bits per heavy atom. The van der Waals surface area contributed by atoms with Crippen LogP contribution in [0.2, 0.25) is 10.0 Å². The summed E-state index contributed by atoms with van der Waals surface area (Å²) in [4.78, 5) is 22.7. The first-order valence-corrected chi connectivity index (χ1v) is 12.9. The molecule has 0 spiro atoms. The molecule has 194 valence electrons. The van der Waals surface area contributed by atoms with Gasteiger partial charge in [-0.15, -0.1) is 0 Å². The van der Waals surface area contributed by atoms with E-state index in [1.165, 1.54) is 0 Å². The molecule has 0 aliphatic rings. The maximum absolute atomic E-state index is 11.7. The molecule has 0 aliphatic heterocycles. The second kappa shape index (κ2) is 10.8. The summed E-state index contributed by atoms with van der Waals surface area (Å²) in [6.45, 7) is 26.9. The van der Waals surface area contributed by atoms with Crippen LogP contribution in [0.3, 0.4) is 0 Å². The molecule has 0 saturated heterocycles. The predicted molar refractivity (Wildman–Crippen MR) is 153 cm³/mol. The van der Waals surface area contributed by atoms with E-state index in [-0.39, 0.29) is 27.4 Å². The van der Waals surface area contributed by atoms with E-state index in [0.717, 1.165) is 44.1 Å². The van der Waals surface area contributed by atoms with Crippen LogP contribution in [-0.4, -0.2) is 12.1 Å². The Kier molecular flexibility index (Phi) is 9.66. The van der Waals surface area contributed by atoms with Crippen LogP contribution >= 0.6 is 23.2 Å². The molecule has 2 aromatic carbocycles. The minimum Gasteiger partial charge on any atom is -0.298 e. The van der Waals surface area contributed by atoms with Crippen LogP contribution in [0.5, 0.6) is 0 Å². The van der Waals surface area contributed by atoms with Gasteiger partial charge in [-0.05, 0) is 75.1 Å². The molecule has 0 fully saturated rings. The molecule has 0 aliphatic carbocycles. The highest BCUT2D eigenvalue weighted by atomic mass is 35.5. The average Bonchev–Trinajstić information content (AvgIpc) is 2.65. The first kappa shape index (κ1) is 31.4. The first-order chi connectivity index (χ1) is 15.5. The van der Waals surface area contributed by atoms with Crippen molar-refractivity contribution >= 4 is 35.3 Å². The Labute approximate surface area is 223 Å². The van der Waals surface area contributed by atoms with E-state index >= 15 is 0 Å². The van der Waals surface area contributed by atoms with Crippen molar-refractivity contribution in [3.8, 4) is 0 Å². The molecule has 0 amide bonds. The topological polar surface area (TPSA) is 34.1 Å². The van der Waals surface area contributed by atoms with Gasteiger partial charge < -0.3 is 0 Å². The van der Waals surface area contributed by atoms with Crippen LogP contribution in [0.15, 0.2) is 24.3 Å². The van der Waals surface area contributed by atoms with Gasteiger partial charge in [0.15, 0.2) is 5.78 Å². The summed E-state index contributed by atoms with van der Waals surface area (Å²) in [5.74, 6) is 0.0858. The van der Waals surface area contributed by atoms with Crippen molar-refractivity contribution in [1.29, 1.82) is 0 Å². The molecule has 4 heteroatoms. The van der Waals surface area contributed by atoms with Gasteiger partial charge in [-0.25, -0.2) is 0 Å². The normalized spacial score (nSPS) is 12.7. The Balaban J connectivity index is 0.000000351. The van der Waals surface area contributed by atoms with Gasteiger partial charge in [0.1, 0.15) is 6.29 Å². The summed E-state index contributed by atoms with van der Waals surface area (Å²) in [7, 11) is 0. The van der Waals surface area contributed by atoms with Crippen molar-refractivity contribution < 1.29 is 9.59 Å². The van der Waals surface area contributed by atoms with Crippen LogP contribution in [0.25, 0.3) is 0 Å². The zero-order chi connectivity index (χ0) is 27.7. The summed E-state index contributed by atoms with van der Waals surface area (Å²) in [5.41, 5.74) is 5.35. The van der Waals surface area contributed by atoms with E-state index in [0.29, 0.717) is 5.56 Å². The molecule has 0 N–H and O–H groups in total. The predicted octanol–water partition coefficient (Wildman–Crippen LogP) is 9.89. The summed E-state index contributed by atoms with van der Waals surface area (Å²) in [6, 6.07) is 7.65. The standard InChI is InChI=1S/C16H23ClO.C15H21ClO/c1-10(18)11-8-12(15(2,3)4)14(17)13(9-11)16(5,6)7;1-14(2,3)11-7-10(9-17)8-12(13(11)16)15(4,5)6/h8-9H,1-7H3;7-9H,1-6H3. The molecule has 0 atom stereocenters. The fraction of sp³-hybridized carbons (Fsp3) is 0.548. The Morgan fingerprint density at radius 2 is 0.857 bits per heavy atom. The number of Topliss-reactive ketones (excluding diaryl/α,β-unsaturated/α-hetero) is 1. The number of ketones is 1. The fourth-order valence-electron chi connectivity index (χ4n) is 3.73. The molecule has 0 saturated carbocycles. The number of benzene rings is 2. The molecular weight excluding hydrogens is 475 g/mol. The zero-order valence-electron chi connectivity index (χ0n) is 24.0. The molecule has 0 bridgehead atoms. The number of carbonyl (C=O) groups excluding carboxylic acids is 2. The third kappa shape index (κ3) is 8.19. The maximum atomic E-state index is 11.7. The van der Waals surface area contributed by atoms with Gasteiger partial charge in [-0.1, -0.05) is 106 Å². The van der Waals surface area contributed by atoms with E-state index in [4.69, 9.17) is 23.2 Å². The molecular formula is C31H44Cl2O2. The van der Waals surface area contributed by atoms with Crippen molar-refractivity contribution in [2.75, 3.05) is 0 Å². The van der Waals surface area contributed by atoms with Gasteiger partial charge in [-0.3, -0.25) is 9.59 Å². The molecule has 0 unspecified atom stereocenters. The summed E-state index contributed by atoms with van der Waals surface area (Å²) in [5, 5.41) is 1.58. The lowest BCUT2D eigenvalue weighted by atomic mass is 9.79. The monoisotopic (exact) mass is 518 g/mol. The van der Waals surface area contributed by atoms with Crippen LogP contribution in [-0.2, 0) is 21.7 Å². The number of hydrogen-bond donors (Lipinski definition) is 0. The van der Waals surface area contributed by atoms with Gasteiger partial charge in [0, 0.05) is 21.2 Å². The largest absolute Gasteiger partial charge is 0.298 e. The van der Waals surface area contributed by atoms with E-state index in [2.05, 4.69) is 83.1 Å². The van der Waals surface area contributed by atoms with Crippen LogP contribution in [0.4, 0.5) is 0 Å². The van der Waals surface area contributed by atoms with Crippen molar-refractivity contribution in [1.82, 2.24) is 0 Å². The lowest BCUT2D eigenvalue weighted by Crippen LogP contribution is -2.19. The molecule has 2 rings (SSSR count). The second-order valence-corrected chi connectivity index (χ2v) is 14.2. The van der Waals surface area contributed by atoms with Crippen LogP contribution in [0.1, 0.15) is 133 Å². The molecule has 0 heterocycles. The minimum atomic E-state index is -0.0669. The van der Waals surface area contributed by atoms with E-state index < -0.39 is 0 Å². The lowest BCUT2D eigenvalue weighted by molar-refractivity contribution is 0.101. The average molecular weight is 520 g/mol. The lowest BCUT2D eigenvalue weighted by Gasteiger charge is -2.28. The Morgan fingerprint density at radius 3 is 1.06 bits per heavy atom. The quantitative estimate of drug-likeness (QED) is 0.292. The van der Waals surface area contributed by atoms with Crippen LogP contribution in [0, 0.1) is 0 Å². The van der Waals surface area contributed by atoms with Crippen LogP contribution < -0.4 is 0 Å². The van der Waals surface area contributed by atoms with Gasteiger partial charge in [0.05, 0.1) is 0 Å². The van der Waals surface area contributed by atoms with E-state index in [9.17, 15) is 9.59 Å². The molecule has 0 aromatic heterocycles. The summed E-state index contributed by atoms with van der Waals surface area (Å²) >= 11 is 13.0. The third-order valence-corrected chi connectivity index (χ3v) is 6.76. The highest BCUT2D eigenvalue weighted by Gasteiger charge is 2.27. The van der Waals surface area contributed by atoms with Gasteiger partial charge in [0.2, 0.25) is 0 Å². The maximum Gasteiger partial charge on any atom is 0.159 e. The Bertz CT molecular complexity index is 1010. The number of rotatable bonds is 2. The molecule has 2 nitrogen and oxygen atoms in total.